The number of benzene rings is 2. The molecule has 1 N–H and O–H groups in total. The number of hydrogen-bond acceptors (Lipinski definition) is 1. The summed E-state index contributed by atoms with van der Waals surface area (Å²) in [6, 6.07) is 9.58. The molecular weight excluding hydrogens is 336 g/mol. The number of hydrogen-bond donors (Lipinski definition) is 1. The van der Waals surface area contributed by atoms with Crippen molar-refractivity contribution in [3.8, 4) is 0 Å². The summed E-state index contributed by atoms with van der Waals surface area (Å²) in [6.45, 7) is 4.77. The van der Waals surface area contributed by atoms with Gasteiger partial charge >= 0.3 is 0 Å². The smallest absolute Gasteiger partial charge is 0.126 e. The molecule has 0 amide bonds. The molecule has 2 rings (SSSR count). The Kier molecular flexibility index (Phi) is 5.48. The van der Waals surface area contributed by atoms with E-state index in [4.69, 9.17) is 0 Å². The van der Waals surface area contributed by atoms with E-state index in [0.717, 1.165) is 28.2 Å². The molecule has 0 saturated carbocycles. The van der Waals surface area contributed by atoms with Gasteiger partial charge in [-0.05, 0) is 60.8 Å². The predicted octanol–water partition coefficient (Wildman–Crippen LogP) is 4.93. The fourth-order valence-corrected chi connectivity index (χ4v) is 3.14. The number of nitrogens with one attached hydrogen (secondary N) is 1. The summed E-state index contributed by atoms with van der Waals surface area (Å²) in [5, 5.41) is 3.34. The molecule has 1 nitrogen and oxygen atoms in total. The minimum Gasteiger partial charge on any atom is -0.310 e. The van der Waals surface area contributed by atoms with Gasteiger partial charge in [0.1, 0.15) is 11.6 Å². The van der Waals surface area contributed by atoms with Crippen LogP contribution in [0.1, 0.15) is 29.7 Å². The molecule has 0 aliphatic heterocycles. The van der Waals surface area contributed by atoms with Crippen LogP contribution in [0.15, 0.2) is 40.9 Å². The summed E-state index contributed by atoms with van der Waals surface area (Å²) in [5.41, 5.74) is 2.58. The lowest BCUT2D eigenvalue weighted by atomic mass is 9.97. The fraction of sp³-hybridized carbons (Fsp3) is 0.294. The molecule has 0 fully saturated rings. The Morgan fingerprint density at radius 3 is 2.57 bits per heavy atom. The van der Waals surface area contributed by atoms with Gasteiger partial charge in [-0.15, -0.1) is 0 Å². The zero-order valence-corrected chi connectivity index (χ0v) is 13.7. The number of halogens is 3. The standard InChI is InChI=1S/C17H18BrF2N/c1-3-21-17(14-6-4-11(2)8-15(14)18)10-12-9-13(19)5-7-16(12)20/h4-9,17,21H,3,10H2,1-2H3. The van der Waals surface area contributed by atoms with Crippen molar-refractivity contribution in [1.29, 1.82) is 0 Å². The van der Waals surface area contributed by atoms with Gasteiger partial charge in [0.15, 0.2) is 0 Å². The molecule has 0 aliphatic rings. The van der Waals surface area contributed by atoms with Gasteiger partial charge in [-0.3, -0.25) is 0 Å². The van der Waals surface area contributed by atoms with Crippen LogP contribution >= 0.6 is 15.9 Å². The van der Waals surface area contributed by atoms with E-state index in [9.17, 15) is 8.78 Å². The van der Waals surface area contributed by atoms with Crippen molar-refractivity contribution in [2.24, 2.45) is 0 Å². The molecule has 0 spiro atoms. The van der Waals surface area contributed by atoms with E-state index in [1.165, 1.54) is 12.1 Å². The molecule has 0 bridgehead atoms. The van der Waals surface area contributed by atoms with Gasteiger partial charge in [0.2, 0.25) is 0 Å². The minimum atomic E-state index is -0.412. The SMILES string of the molecule is CCNC(Cc1cc(F)ccc1F)c1ccc(C)cc1Br. The Balaban J connectivity index is 2.32. The Hall–Kier alpha value is -1.26. The number of aryl methyl sites for hydroxylation is 1. The lowest BCUT2D eigenvalue weighted by molar-refractivity contribution is 0.520. The average molecular weight is 354 g/mol. The van der Waals surface area contributed by atoms with E-state index in [-0.39, 0.29) is 11.9 Å². The Morgan fingerprint density at radius 1 is 1.14 bits per heavy atom. The van der Waals surface area contributed by atoms with Crippen LogP contribution in [0.2, 0.25) is 0 Å². The Morgan fingerprint density at radius 2 is 1.90 bits per heavy atom. The highest BCUT2D eigenvalue weighted by Gasteiger charge is 2.16. The van der Waals surface area contributed by atoms with E-state index in [0.29, 0.717) is 12.0 Å². The fourth-order valence-electron chi connectivity index (χ4n) is 2.37. The minimum absolute atomic E-state index is 0.0683. The lowest BCUT2D eigenvalue weighted by Gasteiger charge is -2.20. The molecule has 0 saturated heterocycles. The van der Waals surface area contributed by atoms with Gasteiger partial charge in [-0.1, -0.05) is 35.0 Å². The first-order valence-corrected chi connectivity index (χ1v) is 7.74. The van der Waals surface area contributed by atoms with Gasteiger partial charge in [-0.2, -0.15) is 0 Å². The first-order valence-electron chi connectivity index (χ1n) is 6.94. The Bertz CT molecular complexity index is 628. The highest BCUT2D eigenvalue weighted by atomic mass is 79.9. The second kappa shape index (κ2) is 7.14. The first-order chi connectivity index (χ1) is 10.0. The van der Waals surface area contributed by atoms with Crippen molar-refractivity contribution in [1.82, 2.24) is 5.32 Å². The van der Waals surface area contributed by atoms with Crippen LogP contribution < -0.4 is 5.32 Å². The Labute approximate surface area is 132 Å². The van der Waals surface area contributed by atoms with Gasteiger partial charge in [0.05, 0.1) is 0 Å². The highest BCUT2D eigenvalue weighted by Crippen LogP contribution is 2.28. The van der Waals surface area contributed by atoms with E-state index in [1.807, 2.05) is 32.0 Å². The van der Waals surface area contributed by atoms with Gasteiger partial charge in [0, 0.05) is 10.5 Å². The zero-order valence-electron chi connectivity index (χ0n) is 12.1. The molecule has 0 aliphatic carbocycles. The third-order valence-electron chi connectivity index (χ3n) is 3.41. The van der Waals surface area contributed by atoms with Crippen LogP contribution in [0.25, 0.3) is 0 Å². The van der Waals surface area contributed by atoms with Crippen LogP contribution in [0, 0.1) is 18.6 Å². The second-order valence-corrected chi connectivity index (χ2v) is 5.93. The van der Waals surface area contributed by atoms with Crippen LogP contribution in [-0.2, 0) is 6.42 Å². The van der Waals surface area contributed by atoms with Crippen molar-refractivity contribution < 1.29 is 8.78 Å². The first kappa shape index (κ1) is 16.1. The van der Waals surface area contributed by atoms with Crippen molar-refractivity contribution in [2.75, 3.05) is 6.54 Å². The third kappa shape index (κ3) is 4.11. The average Bonchev–Trinajstić information content (AvgIpc) is 2.42. The van der Waals surface area contributed by atoms with Crippen molar-refractivity contribution in [3.63, 3.8) is 0 Å². The molecule has 0 heterocycles. The van der Waals surface area contributed by atoms with Gasteiger partial charge in [-0.25, -0.2) is 8.78 Å². The number of likely N-dealkylation sites (N-methyl/N-ethyl adjacent to an activating group) is 1. The van der Waals surface area contributed by atoms with Crippen LogP contribution in [-0.4, -0.2) is 6.54 Å². The van der Waals surface area contributed by atoms with Crippen molar-refractivity contribution >= 4 is 15.9 Å². The molecule has 2 aromatic rings. The largest absolute Gasteiger partial charge is 0.310 e. The lowest BCUT2D eigenvalue weighted by Crippen LogP contribution is -2.23. The monoisotopic (exact) mass is 353 g/mol. The quantitative estimate of drug-likeness (QED) is 0.803. The van der Waals surface area contributed by atoms with Crippen LogP contribution in [0.4, 0.5) is 8.78 Å². The summed E-state index contributed by atoms with van der Waals surface area (Å²) in [5.74, 6) is -0.785. The van der Waals surface area contributed by atoms with Crippen LogP contribution in [0.5, 0.6) is 0 Å². The summed E-state index contributed by atoms with van der Waals surface area (Å²) in [6.07, 6.45) is 0.402. The van der Waals surface area contributed by atoms with Gasteiger partial charge in [0.25, 0.3) is 0 Å². The maximum absolute atomic E-state index is 13.8. The predicted molar refractivity (Wildman–Crippen MR) is 85.4 cm³/mol. The zero-order chi connectivity index (χ0) is 15.4. The molecular formula is C17H18BrF2N. The second-order valence-electron chi connectivity index (χ2n) is 5.08. The molecule has 0 radical (unpaired) electrons. The van der Waals surface area contributed by atoms with E-state index >= 15 is 0 Å². The van der Waals surface area contributed by atoms with E-state index in [2.05, 4.69) is 21.2 Å². The molecule has 4 heteroatoms. The molecule has 1 unspecified atom stereocenters. The van der Waals surface area contributed by atoms with Crippen molar-refractivity contribution in [3.05, 3.63) is 69.2 Å². The molecule has 21 heavy (non-hydrogen) atoms. The molecule has 0 aromatic heterocycles. The normalized spacial score (nSPS) is 12.4. The third-order valence-corrected chi connectivity index (χ3v) is 4.10. The van der Waals surface area contributed by atoms with Gasteiger partial charge < -0.3 is 5.32 Å². The summed E-state index contributed by atoms with van der Waals surface area (Å²) >= 11 is 3.56. The topological polar surface area (TPSA) is 12.0 Å². The van der Waals surface area contributed by atoms with E-state index in [1.54, 1.807) is 0 Å². The molecule has 112 valence electrons. The van der Waals surface area contributed by atoms with E-state index < -0.39 is 5.82 Å². The molecule has 1 atom stereocenters. The summed E-state index contributed by atoms with van der Waals surface area (Å²) < 4.78 is 28.1. The molecule has 2 aromatic carbocycles. The summed E-state index contributed by atoms with van der Waals surface area (Å²) in [4.78, 5) is 0. The maximum Gasteiger partial charge on any atom is 0.126 e. The van der Waals surface area contributed by atoms with Crippen molar-refractivity contribution in [2.45, 2.75) is 26.3 Å². The highest BCUT2D eigenvalue weighted by molar-refractivity contribution is 9.10. The maximum atomic E-state index is 13.8. The van der Waals surface area contributed by atoms with Crippen LogP contribution in [0.3, 0.4) is 0 Å². The number of rotatable bonds is 5. The summed E-state index contributed by atoms with van der Waals surface area (Å²) in [7, 11) is 0.